The van der Waals surface area contributed by atoms with E-state index in [9.17, 15) is 4.79 Å². The number of hydrogen-bond acceptors (Lipinski definition) is 5. The van der Waals surface area contributed by atoms with E-state index in [2.05, 4.69) is 0 Å². The van der Waals surface area contributed by atoms with Crippen LogP contribution in [0.25, 0.3) is 0 Å². The molecule has 5 nitrogen and oxygen atoms in total. The molecule has 0 amide bonds. The van der Waals surface area contributed by atoms with Crippen molar-refractivity contribution in [3.8, 4) is 11.5 Å². The highest BCUT2D eigenvalue weighted by Crippen LogP contribution is 2.31. The lowest BCUT2D eigenvalue weighted by Crippen LogP contribution is -2.15. The molecule has 1 aliphatic rings. The predicted molar refractivity (Wildman–Crippen MR) is 70.3 cm³/mol. The van der Waals surface area contributed by atoms with Gasteiger partial charge in [-0.1, -0.05) is 0 Å². The summed E-state index contributed by atoms with van der Waals surface area (Å²) < 4.78 is 21.3. The number of ketones is 1. The maximum absolute atomic E-state index is 12.3. The molecule has 20 heavy (non-hydrogen) atoms. The number of ether oxygens (including phenoxy) is 3. The van der Waals surface area contributed by atoms with Crippen molar-refractivity contribution in [3.05, 3.63) is 47.4 Å². The molecule has 0 unspecified atom stereocenters. The van der Waals surface area contributed by atoms with E-state index >= 15 is 0 Å². The van der Waals surface area contributed by atoms with E-state index in [1.807, 2.05) is 0 Å². The summed E-state index contributed by atoms with van der Waals surface area (Å²) in [6.07, 6.45) is 0. The van der Waals surface area contributed by atoms with Gasteiger partial charge in [0, 0.05) is 12.7 Å². The Morgan fingerprint density at radius 2 is 1.95 bits per heavy atom. The second-order valence-corrected chi connectivity index (χ2v) is 4.39. The van der Waals surface area contributed by atoms with Crippen LogP contribution in [0.4, 0.5) is 0 Å². The Morgan fingerprint density at radius 3 is 2.75 bits per heavy atom. The van der Waals surface area contributed by atoms with Crippen molar-refractivity contribution >= 4 is 5.78 Å². The maximum Gasteiger partial charge on any atom is 0.228 e. The molecule has 0 bridgehead atoms. The Labute approximate surface area is 116 Å². The third kappa shape index (κ3) is 2.40. The summed E-state index contributed by atoms with van der Waals surface area (Å²) in [7, 11) is 1.57. The monoisotopic (exact) mass is 274 g/mol. The first-order valence-corrected chi connectivity index (χ1v) is 6.30. The van der Waals surface area contributed by atoms with Gasteiger partial charge in [0.2, 0.25) is 5.78 Å². The van der Waals surface area contributed by atoms with Gasteiger partial charge in [0.25, 0.3) is 0 Å². The van der Waals surface area contributed by atoms with Crippen LogP contribution in [0.1, 0.15) is 21.9 Å². The Kier molecular flexibility index (Phi) is 3.43. The smallest absolute Gasteiger partial charge is 0.228 e. The molecule has 1 aliphatic heterocycles. The second-order valence-electron chi connectivity index (χ2n) is 4.39. The first-order chi connectivity index (χ1) is 9.78. The fourth-order valence-corrected chi connectivity index (χ4v) is 2.05. The van der Waals surface area contributed by atoms with E-state index in [-0.39, 0.29) is 11.5 Å². The SMILES string of the molecule is COCc1ccc(C(=O)c2ccc3c(c2)OCCO3)o1. The zero-order valence-electron chi connectivity index (χ0n) is 11.0. The first-order valence-electron chi connectivity index (χ1n) is 6.30. The average Bonchev–Trinajstić information content (AvgIpc) is 2.95. The Balaban J connectivity index is 1.85. The number of benzene rings is 1. The van der Waals surface area contributed by atoms with Crippen LogP contribution in [0.3, 0.4) is 0 Å². The highest BCUT2D eigenvalue weighted by molar-refractivity contribution is 6.07. The van der Waals surface area contributed by atoms with Gasteiger partial charge in [-0.25, -0.2) is 0 Å². The molecule has 0 fully saturated rings. The zero-order chi connectivity index (χ0) is 13.9. The lowest BCUT2D eigenvalue weighted by Gasteiger charge is -2.18. The van der Waals surface area contributed by atoms with Crippen LogP contribution in [0, 0.1) is 0 Å². The van der Waals surface area contributed by atoms with Gasteiger partial charge in [-0.2, -0.15) is 0 Å². The Morgan fingerprint density at radius 1 is 1.15 bits per heavy atom. The summed E-state index contributed by atoms with van der Waals surface area (Å²) in [5.74, 6) is 1.96. The van der Waals surface area contributed by atoms with Crippen molar-refractivity contribution in [1.29, 1.82) is 0 Å². The fraction of sp³-hybridized carbons (Fsp3) is 0.267. The summed E-state index contributed by atoms with van der Waals surface area (Å²) in [5, 5.41) is 0. The van der Waals surface area contributed by atoms with Gasteiger partial charge in [0.1, 0.15) is 25.6 Å². The van der Waals surface area contributed by atoms with Gasteiger partial charge in [-0.3, -0.25) is 4.79 Å². The molecule has 0 aliphatic carbocycles. The number of carbonyl (C=O) groups excluding carboxylic acids is 1. The van der Waals surface area contributed by atoms with Crippen molar-refractivity contribution in [3.63, 3.8) is 0 Å². The minimum atomic E-state index is -0.190. The molecular weight excluding hydrogens is 260 g/mol. The summed E-state index contributed by atoms with van der Waals surface area (Å²) in [6, 6.07) is 8.49. The fourth-order valence-electron chi connectivity index (χ4n) is 2.05. The van der Waals surface area contributed by atoms with Crippen LogP contribution in [0.2, 0.25) is 0 Å². The summed E-state index contributed by atoms with van der Waals surface area (Å²) in [4.78, 5) is 12.3. The number of rotatable bonds is 4. The van der Waals surface area contributed by atoms with Crippen molar-refractivity contribution in [2.75, 3.05) is 20.3 Å². The molecule has 2 heterocycles. The zero-order valence-corrected chi connectivity index (χ0v) is 11.0. The summed E-state index contributed by atoms with van der Waals surface area (Å²) >= 11 is 0. The molecule has 0 saturated heterocycles. The molecule has 2 aromatic rings. The molecule has 3 rings (SSSR count). The largest absolute Gasteiger partial charge is 0.486 e. The van der Waals surface area contributed by atoms with E-state index in [0.717, 1.165) is 0 Å². The number of furan rings is 1. The Hall–Kier alpha value is -2.27. The maximum atomic E-state index is 12.3. The highest BCUT2D eigenvalue weighted by Gasteiger charge is 2.18. The Bertz CT molecular complexity index is 629. The molecule has 0 atom stereocenters. The third-order valence-electron chi connectivity index (χ3n) is 2.98. The standard InChI is InChI=1S/C15H14O5/c1-17-9-11-3-5-13(20-11)15(16)10-2-4-12-14(8-10)19-7-6-18-12/h2-5,8H,6-7,9H2,1H3. The third-order valence-corrected chi connectivity index (χ3v) is 2.98. The average molecular weight is 274 g/mol. The molecule has 0 radical (unpaired) electrons. The molecule has 0 N–H and O–H groups in total. The van der Waals surface area contributed by atoms with Gasteiger partial charge >= 0.3 is 0 Å². The number of carbonyl (C=O) groups is 1. The number of fused-ring (bicyclic) bond motifs is 1. The second kappa shape index (κ2) is 5.38. The van der Waals surface area contributed by atoms with Crippen LogP contribution >= 0.6 is 0 Å². The molecule has 0 saturated carbocycles. The van der Waals surface area contributed by atoms with Crippen LogP contribution < -0.4 is 9.47 Å². The minimum absolute atomic E-state index is 0.190. The molecule has 5 heteroatoms. The molecular formula is C15H14O5. The van der Waals surface area contributed by atoms with Crippen molar-refractivity contribution in [1.82, 2.24) is 0 Å². The lowest BCUT2D eigenvalue weighted by atomic mass is 10.1. The lowest BCUT2D eigenvalue weighted by molar-refractivity contribution is 0.0998. The van der Waals surface area contributed by atoms with Gasteiger partial charge in [0.15, 0.2) is 17.3 Å². The summed E-state index contributed by atoms with van der Waals surface area (Å²) in [5.41, 5.74) is 0.507. The van der Waals surface area contributed by atoms with Crippen molar-refractivity contribution < 1.29 is 23.4 Å². The van der Waals surface area contributed by atoms with Gasteiger partial charge in [-0.15, -0.1) is 0 Å². The molecule has 0 spiro atoms. The van der Waals surface area contributed by atoms with Gasteiger partial charge in [-0.05, 0) is 30.3 Å². The highest BCUT2D eigenvalue weighted by atomic mass is 16.6. The van der Waals surface area contributed by atoms with Crippen molar-refractivity contribution in [2.45, 2.75) is 6.61 Å². The van der Waals surface area contributed by atoms with E-state index < -0.39 is 0 Å². The molecule has 1 aromatic heterocycles. The molecule has 104 valence electrons. The van der Waals surface area contributed by atoms with E-state index in [1.165, 1.54) is 0 Å². The molecule has 1 aromatic carbocycles. The van der Waals surface area contributed by atoms with Crippen molar-refractivity contribution in [2.24, 2.45) is 0 Å². The number of hydrogen-bond donors (Lipinski definition) is 0. The van der Waals surface area contributed by atoms with Crippen LogP contribution in [0.15, 0.2) is 34.7 Å². The number of methoxy groups -OCH3 is 1. The quantitative estimate of drug-likeness (QED) is 0.801. The van der Waals surface area contributed by atoms with Crippen LogP contribution in [-0.4, -0.2) is 26.1 Å². The van der Waals surface area contributed by atoms with E-state index in [4.69, 9.17) is 18.6 Å². The van der Waals surface area contributed by atoms with E-state index in [1.54, 1.807) is 37.4 Å². The van der Waals surface area contributed by atoms with Gasteiger partial charge in [0.05, 0.1) is 0 Å². The first kappa shape index (κ1) is 12.7. The van der Waals surface area contributed by atoms with Gasteiger partial charge < -0.3 is 18.6 Å². The normalized spacial score (nSPS) is 13.2. The van der Waals surface area contributed by atoms with E-state index in [0.29, 0.717) is 42.6 Å². The van der Waals surface area contributed by atoms with Crippen LogP contribution in [0.5, 0.6) is 11.5 Å². The minimum Gasteiger partial charge on any atom is -0.486 e. The summed E-state index contributed by atoms with van der Waals surface area (Å²) in [6.45, 7) is 1.36. The predicted octanol–water partition coefficient (Wildman–Crippen LogP) is 2.43. The van der Waals surface area contributed by atoms with Crippen LogP contribution in [-0.2, 0) is 11.3 Å². The topological polar surface area (TPSA) is 57.9 Å².